The monoisotopic (exact) mass is 298 g/mol. The lowest BCUT2D eigenvalue weighted by atomic mass is 9.92. The summed E-state index contributed by atoms with van der Waals surface area (Å²) in [6, 6.07) is 0. The number of carbonyl (C=O) groups excluding carboxylic acids is 1. The van der Waals surface area contributed by atoms with Crippen LogP contribution >= 0.6 is 11.6 Å². The fourth-order valence-electron chi connectivity index (χ4n) is 2.54. The molecule has 0 fully saturated rings. The minimum atomic E-state index is 0.163. The summed E-state index contributed by atoms with van der Waals surface area (Å²) in [5.41, 5.74) is 1.80. The lowest BCUT2D eigenvalue weighted by Gasteiger charge is -2.13. The maximum Gasteiger partial charge on any atom is 0.141 e. The van der Waals surface area contributed by atoms with Crippen LogP contribution in [0.3, 0.4) is 0 Å². The van der Waals surface area contributed by atoms with Crippen LogP contribution in [-0.4, -0.2) is 15.6 Å². The van der Waals surface area contributed by atoms with E-state index in [1.807, 2.05) is 18.5 Å². The van der Waals surface area contributed by atoms with Crippen molar-refractivity contribution in [1.29, 1.82) is 0 Å². The van der Waals surface area contributed by atoms with Crippen molar-refractivity contribution in [2.75, 3.05) is 0 Å². The highest BCUT2D eigenvalue weighted by molar-refractivity contribution is 6.32. The van der Waals surface area contributed by atoms with Gasteiger partial charge in [0.25, 0.3) is 0 Å². The SMILES string of the molecule is CCCCC(CC)C(=O)Cc1c(Cl)c(CC)nn1CC. The number of aromatic nitrogens is 2. The maximum atomic E-state index is 12.5. The molecule has 1 atom stereocenters. The topological polar surface area (TPSA) is 34.9 Å². The second-order valence-electron chi connectivity index (χ2n) is 5.27. The number of rotatable bonds is 9. The van der Waals surface area contributed by atoms with Crippen molar-refractivity contribution in [3.05, 3.63) is 16.4 Å². The van der Waals surface area contributed by atoms with E-state index in [4.69, 9.17) is 11.6 Å². The van der Waals surface area contributed by atoms with Crippen LogP contribution in [0, 0.1) is 5.92 Å². The second-order valence-corrected chi connectivity index (χ2v) is 5.65. The van der Waals surface area contributed by atoms with E-state index in [0.717, 1.165) is 50.0 Å². The molecule has 0 amide bonds. The normalized spacial score (nSPS) is 12.7. The van der Waals surface area contributed by atoms with Crippen LogP contribution in [0.1, 0.15) is 64.8 Å². The molecule has 3 nitrogen and oxygen atoms in total. The minimum absolute atomic E-state index is 0.163. The first kappa shape index (κ1) is 17.2. The molecule has 1 heterocycles. The molecule has 1 unspecified atom stereocenters. The van der Waals surface area contributed by atoms with Gasteiger partial charge in [0.2, 0.25) is 0 Å². The molecule has 1 rings (SSSR count). The van der Waals surface area contributed by atoms with E-state index in [-0.39, 0.29) is 5.92 Å². The van der Waals surface area contributed by atoms with Gasteiger partial charge in [-0.05, 0) is 26.2 Å². The highest BCUT2D eigenvalue weighted by Gasteiger charge is 2.21. The largest absolute Gasteiger partial charge is 0.299 e. The van der Waals surface area contributed by atoms with Crippen molar-refractivity contribution in [1.82, 2.24) is 9.78 Å². The Morgan fingerprint density at radius 3 is 2.50 bits per heavy atom. The third kappa shape index (κ3) is 4.08. The van der Waals surface area contributed by atoms with Gasteiger partial charge in [-0.15, -0.1) is 0 Å². The standard InChI is InChI=1S/C16H27ClN2O/c1-5-9-10-12(6-2)15(20)11-14-16(17)13(7-3)18-19(14)8-4/h12H,5-11H2,1-4H3. The number of nitrogens with zero attached hydrogens (tertiary/aromatic N) is 2. The van der Waals surface area contributed by atoms with Gasteiger partial charge in [0.05, 0.1) is 22.8 Å². The minimum Gasteiger partial charge on any atom is -0.299 e. The first-order chi connectivity index (χ1) is 9.58. The Bertz CT molecular complexity index is 440. The van der Waals surface area contributed by atoms with Gasteiger partial charge in [-0.2, -0.15) is 5.10 Å². The zero-order valence-electron chi connectivity index (χ0n) is 13.2. The van der Waals surface area contributed by atoms with E-state index in [9.17, 15) is 4.79 Å². The van der Waals surface area contributed by atoms with Gasteiger partial charge in [0, 0.05) is 12.5 Å². The van der Waals surface area contributed by atoms with Gasteiger partial charge < -0.3 is 0 Å². The number of ketones is 1. The molecule has 0 bridgehead atoms. The molecule has 0 aliphatic rings. The number of unbranched alkanes of at least 4 members (excludes halogenated alkanes) is 1. The van der Waals surface area contributed by atoms with Crippen LogP contribution in [0.5, 0.6) is 0 Å². The van der Waals surface area contributed by atoms with Crippen molar-refractivity contribution in [2.24, 2.45) is 5.92 Å². The molecule has 1 aromatic heterocycles. The molecular weight excluding hydrogens is 272 g/mol. The molecule has 0 saturated carbocycles. The number of halogens is 1. The van der Waals surface area contributed by atoms with Crippen molar-refractivity contribution < 1.29 is 4.79 Å². The van der Waals surface area contributed by atoms with E-state index in [2.05, 4.69) is 18.9 Å². The number of carbonyl (C=O) groups is 1. The number of hydrogen-bond donors (Lipinski definition) is 0. The Balaban J connectivity index is 2.85. The van der Waals surface area contributed by atoms with Gasteiger partial charge in [-0.1, -0.05) is 45.2 Å². The van der Waals surface area contributed by atoms with Gasteiger partial charge >= 0.3 is 0 Å². The van der Waals surface area contributed by atoms with Crippen LogP contribution in [0.4, 0.5) is 0 Å². The molecule has 4 heteroatoms. The third-order valence-electron chi connectivity index (χ3n) is 3.89. The Labute approximate surface area is 127 Å². The molecule has 0 aliphatic heterocycles. The summed E-state index contributed by atoms with van der Waals surface area (Å²) in [5, 5.41) is 5.17. The van der Waals surface area contributed by atoms with E-state index in [1.54, 1.807) is 0 Å². The molecule has 0 saturated heterocycles. The summed E-state index contributed by atoms with van der Waals surface area (Å²) in [7, 11) is 0. The van der Waals surface area contributed by atoms with E-state index < -0.39 is 0 Å². The quantitative estimate of drug-likeness (QED) is 0.675. The van der Waals surface area contributed by atoms with Crippen LogP contribution in [0.25, 0.3) is 0 Å². The van der Waals surface area contributed by atoms with Crippen molar-refractivity contribution in [3.8, 4) is 0 Å². The molecule has 1 aromatic rings. The van der Waals surface area contributed by atoms with Gasteiger partial charge in [-0.25, -0.2) is 0 Å². The molecule has 0 N–H and O–H groups in total. The smallest absolute Gasteiger partial charge is 0.141 e. The van der Waals surface area contributed by atoms with Crippen molar-refractivity contribution >= 4 is 17.4 Å². The lowest BCUT2D eigenvalue weighted by molar-refractivity contribution is -0.122. The summed E-state index contributed by atoms with van der Waals surface area (Å²) in [4.78, 5) is 12.5. The number of aryl methyl sites for hydroxylation is 2. The first-order valence-corrected chi connectivity index (χ1v) is 8.23. The van der Waals surface area contributed by atoms with E-state index in [1.165, 1.54) is 0 Å². The average molecular weight is 299 g/mol. The Hall–Kier alpha value is -0.830. The Morgan fingerprint density at radius 2 is 2.00 bits per heavy atom. The molecule has 0 spiro atoms. The molecule has 20 heavy (non-hydrogen) atoms. The molecular formula is C16H27ClN2O. The molecule has 0 aromatic carbocycles. The number of hydrogen-bond acceptors (Lipinski definition) is 2. The van der Waals surface area contributed by atoms with Crippen LogP contribution in [0.15, 0.2) is 0 Å². The molecule has 0 aliphatic carbocycles. The molecule has 0 radical (unpaired) electrons. The highest BCUT2D eigenvalue weighted by Crippen LogP contribution is 2.24. The summed E-state index contributed by atoms with van der Waals surface area (Å²) in [6.45, 7) is 9.08. The Morgan fingerprint density at radius 1 is 1.30 bits per heavy atom. The first-order valence-electron chi connectivity index (χ1n) is 7.85. The predicted molar refractivity (Wildman–Crippen MR) is 84.3 cm³/mol. The maximum absolute atomic E-state index is 12.5. The summed E-state index contributed by atoms with van der Waals surface area (Å²) in [5.74, 6) is 0.469. The van der Waals surface area contributed by atoms with Crippen molar-refractivity contribution in [2.45, 2.75) is 72.8 Å². The van der Waals surface area contributed by atoms with Crippen LogP contribution in [-0.2, 0) is 24.2 Å². The Kier molecular flexibility index (Phi) is 7.28. The fourth-order valence-corrected chi connectivity index (χ4v) is 2.87. The van der Waals surface area contributed by atoms with Crippen molar-refractivity contribution in [3.63, 3.8) is 0 Å². The number of Topliss-reactive ketones (excluding diaryl/α,β-unsaturated/α-hetero) is 1. The van der Waals surface area contributed by atoms with E-state index in [0.29, 0.717) is 17.2 Å². The highest BCUT2D eigenvalue weighted by atomic mass is 35.5. The zero-order valence-corrected chi connectivity index (χ0v) is 14.0. The second kappa shape index (κ2) is 8.46. The van der Waals surface area contributed by atoms with Gasteiger partial charge in [0.15, 0.2) is 0 Å². The summed E-state index contributed by atoms with van der Waals surface area (Å²) < 4.78 is 1.88. The van der Waals surface area contributed by atoms with Gasteiger partial charge in [-0.3, -0.25) is 9.48 Å². The average Bonchev–Trinajstić information content (AvgIpc) is 2.76. The van der Waals surface area contributed by atoms with Crippen LogP contribution in [0.2, 0.25) is 5.02 Å². The van der Waals surface area contributed by atoms with E-state index >= 15 is 0 Å². The van der Waals surface area contributed by atoms with Gasteiger partial charge in [0.1, 0.15) is 5.78 Å². The summed E-state index contributed by atoms with van der Waals surface area (Å²) >= 11 is 6.37. The fraction of sp³-hybridized carbons (Fsp3) is 0.750. The van der Waals surface area contributed by atoms with Crippen LogP contribution < -0.4 is 0 Å². The summed E-state index contributed by atoms with van der Waals surface area (Å²) in [6.07, 6.45) is 5.38. The molecule has 114 valence electrons. The third-order valence-corrected chi connectivity index (χ3v) is 4.33. The zero-order chi connectivity index (χ0) is 15.1. The lowest BCUT2D eigenvalue weighted by Crippen LogP contribution is -2.18. The predicted octanol–water partition coefficient (Wildman–Crippen LogP) is 4.45.